The number of nitrogens with one attached hydrogen (secondary N) is 1. The van der Waals surface area contributed by atoms with E-state index in [1.54, 1.807) is 0 Å². The van der Waals surface area contributed by atoms with Gasteiger partial charge in [-0.1, -0.05) is 32.0 Å². The number of hydrogen-bond donors (Lipinski definition) is 1. The first kappa shape index (κ1) is 11.8. The van der Waals surface area contributed by atoms with Crippen molar-refractivity contribution in [3.63, 3.8) is 0 Å². The Balaban J connectivity index is 2.28. The molecule has 0 atom stereocenters. The molecule has 3 heteroatoms. The van der Waals surface area contributed by atoms with Crippen molar-refractivity contribution in [3.05, 3.63) is 21.7 Å². The van der Waals surface area contributed by atoms with Gasteiger partial charge in [0.25, 0.3) is 0 Å². The molecule has 2 nitrogen and oxygen atoms in total. The molecule has 0 spiro atoms. The molecular weight excluding hydrogens is 216 g/mol. The van der Waals surface area contributed by atoms with Gasteiger partial charge in [-0.15, -0.1) is 0 Å². The molecule has 1 aliphatic rings. The minimum Gasteiger partial charge on any atom is -0.347 e. The van der Waals surface area contributed by atoms with E-state index >= 15 is 0 Å². The van der Waals surface area contributed by atoms with Crippen LogP contribution in [0, 0.1) is 4.64 Å². The van der Waals surface area contributed by atoms with E-state index in [2.05, 4.69) is 16.9 Å². The lowest BCUT2D eigenvalue weighted by Gasteiger charge is -2.08. The maximum absolute atomic E-state index is 5.41. The molecule has 1 N–H and O–H groups in total. The first-order valence-electron chi connectivity index (χ1n) is 6.42. The molecule has 1 aromatic rings. The first-order valence-corrected chi connectivity index (χ1v) is 6.83. The summed E-state index contributed by atoms with van der Waals surface area (Å²) in [6, 6.07) is 0. The second kappa shape index (κ2) is 5.58. The molecule has 1 aliphatic carbocycles. The van der Waals surface area contributed by atoms with E-state index in [4.69, 9.17) is 12.2 Å². The fourth-order valence-electron chi connectivity index (χ4n) is 2.31. The van der Waals surface area contributed by atoms with E-state index in [1.165, 1.54) is 43.4 Å². The number of aryl methyl sites for hydroxylation is 2. The molecule has 16 heavy (non-hydrogen) atoms. The molecule has 0 bridgehead atoms. The van der Waals surface area contributed by atoms with Crippen LogP contribution < -0.4 is 0 Å². The monoisotopic (exact) mass is 236 g/mol. The number of aromatic amines is 1. The van der Waals surface area contributed by atoms with Crippen molar-refractivity contribution in [2.75, 3.05) is 0 Å². The fourth-order valence-corrected chi connectivity index (χ4v) is 2.65. The average Bonchev–Trinajstić information content (AvgIpc) is 2.51. The summed E-state index contributed by atoms with van der Waals surface area (Å²) < 4.78 is 0.849. The lowest BCUT2D eigenvalue weighted by molar-refractivity contribution is 0.705. The van der Waals surface area contributed by atoms with Crippen molar-refractivity contribution in [1.29, 1.82) is 0 Å². The van der Waals surface area contributed by atoms with E-state index in [0.29, 0.717) is 0 Å². The Kier molecular flexibility index (Phi) is 4.10. The summed E-state index contributed by atoms with van der Waals surface area (Å²) in [7, 11) is 0. The average molecular weight is 236 g/mol. The van der Waals surface area contributed by atoms with Gasteiger partial charge in [-0.05, 0) is 32.1 Å². The standard InChI is InChI=1S/C13H20N2S/c1-2-3-9-12-14-11-8-6-4-5-7-10(11)13(16)15-12/h2-9H2,1H3,(H,14,15,16). The summed E-state index contributed by atoms with van der Waals surface area (Å²) in [5.41, 5.74) is 2.68. The minimum atomic E-state index is 0.849. The Morgan fingerprint density at radius 3 is 2.88 bits per heavy atom. The summed E-state index contributed by atoms with van der Waals surface area (Å²) in [5, 5.41) is 0. The summed E-state index contributed by atoms with van der Waals surface area (Å²) in [5.74, 6) is 1.09. The molecule has 0 aromatic carbocycles. The minimum absolute atomic E-state index is 0.849. The summed E-state index contributed by atoms with van der Waals surface area (Å²) in [4.78, 5) is 8.03. The molecule has 0 aliphatic heterocycles. The zero-order chi connectivity index (χ0) is 11.4. The molecule has 0 radical (unpaired) electrons. The maximum atomic E-state index is 5.41. The third-order valence-electron chi connectivity index (χ3n) is 3.27. The lowest BCUT2D eigenvalue weighted by Crippen LogP contribution is -2.04. The predicted molar refractivity (Wildman–Crippen MR) is 69.3 cm³/mol. The molecule has 0 saturated carbocycles. The van der Waals surface area contributed by atoms with Gasteiger partial charge in [0, 0.05) is 17.7 Å². The zero-order valence-electron chi connectivity index (χ0n) is 10.0. The van der Waals surface area contributed by atoms with Crippen LogP contribution in [0.25, 0.3) is 0 Å². The highest BCUT2D eigenvalue weighted by Crippen LogP contribution is 2.19. The molecule has 0 fully saturated rings. The normalized spacial score (nSPS) is 15.6. The quantitative estimate of drug-likeness (QED) is 0.639. The fraction of sp³-hybridized carbons (Fsp3) is 0.692. The molecule has 1 aromatic heterocycles. The van der Waals surface area contributed by atoms with E-state index in [1.807, 2.05) is 0 Å². The summed E-state index contributed by atoms with van der Waals surface area (Å²) in [6.07, 6.45) is 9.58. The largest absolute Gasteiger partial charge is 0.347 e. The van der Waals surface area contributed by atoms with Gasteiger partial charge in [0.15, 0.2) is 0 Å². The second-order valence-electron chi connectivity index (χ2n) is 4.61. The smallest absolute Gasteiger partial charge is 0.133 e. The van der Waals surface area contributed by atoms with Crippen LogP contribution in [0.15, 0.2) is 0 Å². The van der Waals surface area contributed by atoms with Crippen LogP contribution in [0.3, 0.4) is 0 Å². The number of H-pyrrole nitrogens is 1. The third-order valence-corrected chi connectivity index (χ3v) is 3.61. The number of hydrogen-bond acceptors (Lipinski definition) is 2. The van der Waals surface area contributed by atoms with Crippen molar-refractivity contribution in [1.82, 2.24) is 9.97 Å². The molecule has 1 heterocycles. The Bertz CT molecular complexity index is 409. The van der Waals surface area contributed by atoms with Gasteiger partial charge in [-0.2, -0.15) is 0 Å². The highest BCUT2D eigenvalue weighted by Gasteiger charge is 2.11. The van der Waals surface area contributed by atoms with Crippen molar-refractivity contribution >= 4 is 12.2 Å². The third kappa shape index (κ3) is 2.70. The number of rotatable bonds is 3. The topological polar surface area (TPSA) is 28.7 Å². The van der Waals surface area contributed by atoms with Crippen LogP contribution in [-0.4, -0.2) is 9.97 Å². The van der Waals surface area contributed by atoms with Crippen molar-refractivity contribution in [3.8, 4) is 0 Å². The second-order valence-corrected chi connectivity index (χ2v) is 5.00. The van der Waals surface area contributed by atoms with Crippen LogP contribution in [-0.2, 0) is 19.3 Å². The van der Waals surface area contributed by atoms with Crippen LogP contribution in [0.4, 0.5) is 0 Å². The van der Waals surface area contributed by atoms with Crippen molar-refractivity contribution in [2.24, 2.45) is 0 Å². The maximum Gasteiger partial charge on any atom is 0.133 e. The Hall–Kier alpha value is -0.700. The Morgan fingerprint density at radius 1 is 1.25 bits per heavy atom. The highest BCUT2D eigenvalue weighted by atomic mass is 32.1. The van der Waals surface area contributed by atoms with Crippen molar-refractivity contribution < 1.29 is 0 Å². The lowest BCUT2D eigenvalue weighted by atomic mass is 10.1. The Labute approximate surface area is 103 Å². The SMILES string of the molecule is CCCCc1nc(=S)c2c([nH]1)CCCCC2. The molecule has 2 rings (SSSR count). The summed E-state index contributed by atoms with van der Waals surface area (Å²) in [6.45, 7) is 2.21. The van der Waals surface area contributed by atoms with Gasteiger partial charge >= 0.3 is 0 Å². The highest BCUT2D eigenvalue weighted by molar-refractivity contribution is 7.71. The molecule has 0 saturated heterocycles. The molecule has 0 amide bonds. The first-order chi connectivity index (χ1) is 7.81. The number of unbranched alkanes of at least 4 members (excludes halogenated alkanes) is 1. The zero-order valence-corrected chi connectivity index (χ0v) is 10.8. The van der Waals surface area contributed by atoms with Gasteiger partial charge in [0.1, 0.15) is 10.5 Å². The number of fused-ring (bicyclic) bond motifs is 1. The summed E-state index contributed by atoms with van der Waals surface area (Å²) >= 11 is 5.41. The van der Waals surface area contributed by atoms with E-state index in [9.17, 15) is 0 Å². The van der Waals surface area contributed by atoms with Crippen LogP contribution in [0.2, 0.25) is 0 Å². The predicted octanol–water partition coefficient (Wildman–Crippen LogP) is 3.75. The van der Waals surface area contributed by atoms with Gasteiger partial charge in [0.2, 0.25) is 0 Å². The van der Waals surface area contributed by atoms with Gasteiger partial charge in [-0.3, -0.25) is 0 Å². The van der Waals surface area contributed by atoms with Gasteiger partial charge in [0.05, 0.1) is 0 Å². The number of nitrogens with zero attached hydrogens (tertiary/aromatic N) is 1. The molecular formula is C13H20N2S. The van der Waals surface area contributed by atoms with Crippen LogP contribution in [0.5, 0.6) is 0 Å². The Morgan fingerprint density at radius 2 is 2.06 bits per heavy atom. The van der Waals surface area contributed by atoms with E-state index in [0.717, 1.165) is 29.7 Å². The number of aromatic nitrogens is 2. The molecule has 0 unspecified atom stereocenters. The van der Waals surface area contributed by atoms with E-state index in [-0.39, 0.29) is 0 Å². The van der Waals surface area contributed by atoms with Crippen molar-refractivity contribution in [2.45, 2.75) is 58.3 Å². The van der Waals surface area contributed by atoms with Crippen LogP contribution in [0.1, 0.15) is 56.1 Å². The van der Waals surface area contributed by atoms with Gasteiger partial charge < -0.3 is 4.98 Å². The van der Waals surface area contributed by atoms with Gasteiger partial charge in [-0.25, -0.2) is 4.98 Å². The molecule has 88 valence electrons. The van der Waals surface area contributed by atoms with Crippen LogP contribution >= 0.6 is 12.2 Å². The van der Waals surface area contributed by atoms with E-state index < -0.39 is 0 Å².